The molecule has 0 aliphatic carbocycles. The van der Waals surface area contributed by atoms with Crippen molar-refractivity contribution in [2.24, 2.45) is 7.05 Å². The molecule has 0 saturated carbocycles. The molecule has 1 aliphatic heterocycles. The van der Waals surface area contributed by atoms with E-state index in [1.54, 1.807) is 28.8 Å². The molecule has 8 heteroatoms. The topological polar surface area (TPSA) is 86.8 Å². The number of carbonyl (C=O) groups excluding carboxylic acids is 2. The van der Waals surface area contributed by atoms with E-state index >= 15 is 0 Å². The molecule has 3 heterocycles. The van der Waals surface area contributed by atoms with Gasteiger partial charge in [0.1, 0.15) is 23.6 Å². The van der Waals surface area contributed by atoms with Crippen LogP contribution in [-0.4, -0.2) is 35.3 Å². The fourth-order valence-corrected chi connectivity index (χ4v) is 3.77. The van der Waals surface area contributed by atoms with Crippen LogP contribution in [0.4, 0.5) is 5.69 Å². The van der Waals surface area contributed by atoms with E-state index in [-0.39, 0.29) is 12.5 Å². The molecule has 2 aromatic heterocycles. The van der Waals surface area contributed by atoms with Crippen LogP contribution in [-0.2, 0) is 24.8 Å². The van der Waals surface area contributed by atoms with Crippen molar-refractivity contribution in [2.45, 2.75) is 26.4 Å². The highest BCUT2D eigenvalue weighted by molar-refractivity contribution is 6.06. The fraction of sp³-hybridized carbons (Fsp3) is 0.318. The third kappa shape index (κ3) is 3.56. The van der Waals surface area contributed by atoms with Crippen molar-refractivity contribution in [2.75, 3.05) is 18.6 Å². The second-order valence-electron chi connectivity index (χ2n) is 7.16. The van der Waals surface area contributed by atoms with E-state index in [0.29, 0.717) is 29.3 Å². The Labute approximate surface area is 174 Å². The van der Waals surface area contributed by atoms with Crippen LogP contribution in [0.5, 0.6) is 5.75 Å². The Morgan fingerprint density at radius 2 is 2.10 bits per heavy atom. The summed E-state index contributed by atoms with van der Waals surface area (Å²) in [6, 6.07) is 9.05. The average molecular weight is 409 g/mol. The lowest BCUT2D eigenvalue weighted by Gasteiger charge is -2.31. The van der Waals surface area contributed by atoms with Gasteiger partial charge in [-0.1, -0.05) is 12.1 Å². The molecule has 0 bridgehead atoms. The number of fused-ring (bicyclic) bond motifs is 1. The van der Waals surface area contributed by atoms with Gasteiger partial charge in [0.15, 0.2) is 5.76 Å². The Balaban J connectivity index is 1.64. The third-order valence-corrected chi connectivity index (χ3v) is 5.16. The summed E-state index contributed by atoms with van der Waals surface area (Å²) in [5.74, 6) is 0.325. The molecule has 0 unspecified atom stereocenters. The molecule has 1 aliphatic rings. The van der Waals surface area contributed by atoms with E-state index in [4.69, 9.17) is 13.9 Å². The average Bonchev–Trinajstić information content (AvgIpc) is 3.36. The number of nitrogens with zero attached hydrogens (tertiary/aromatic N) is 3. The van der Waals surface area contributed by atoms with E-state index in [1.807, 2.05) is 25.1 Å². The number of anilines is 1. The minimum absolute atomic E-state index is 0.0424. The third-order valence-electron chi connectivity index (χ3n) is 5.16. The quantitative estimate of drug-likeness (QED) is 0.601. The van der Waals surface area contributed by atoms with Gasteiger partial charge in [0.2, 0.25) is 0 Å². The van der Waals surface area contributed by atoms with Gasteiger partial charge in [0, 0.05) is 13.6 Å². The highest BCUT2D eigenvalue weighted by atomic mass is 16.5. The van der Waals surface area contributed by atoms with E-state index < -0.39 is 5.97 Å². The lowest BCUT2D eigenvalue weighted by molar-refractivity contribution is 0.0595. The minimum Gasteiger partial charge on any atom is -0.483 e. The van der Waals surface area contributed by atoms with Crippen molar-refractivity contribution in [3.8, 4) is 5.75 Å². The highest BCUT2D eigenvalue weighted by Crippen LogP contribution is 2.37. The second-order valence-corrected chi connectivity index (χ2v) is 7.16. The van der Waals surface area contributed by atoms with Crippen molar-refractivity contribution < 1.29 is 23.5 Å². The Morgan fingerprint density at radius 1 is 1.27 bits per heavy atom. The lowest BCUT2D eigenvalue weighted by atomic mass is 10.0. The van der Waals surface area contributed by atoms with Crippen LogP contribution < -0.4 is 9.64 Å². The molecule has 0 saturated heterocycles. The molecule has 0 atom stereocenters. The molecule has 30 heavy (non-hydrogen) atoms. The monoisotopic (exact) mass is 409 g/mol. The van der Waals surface area contributed by atoms with Crippen LogP contribution in [0.25, 0.3) is 0 Å². The molecule has 0 spiro atoms. The first-order chi connectivity index (χ1) is 14.5. The number of hydrogen-bond donors (Lipinski definition) is 0. The van der Waals surface area contributed by atoms with E-state index in [1.165, 1.54) is 13.4 Å². The zero-order valence-electron chi connectivity index (χ0n) is 17.2. The van der Waals surface area contributed by atoms with Crippen molar-refractivity contribution in [1.29, 1.82) is 0 Å². The van der Waals surface area contributed by atoms with Crippen molar-refractivity contribution in [3.05, 3.63) is 64.9 Å². The van der Waals surface area contributed by atoms with Gasteiger partial charge in [-0.15, -0.1) is 0 Å². The molecule has 156 valence electrons. The SMILES string of the molecule is COC(=O)c1ccoc1COc1cccc2c1N(C(=O)c1cc(C)nn1C)CCC2. The Bertz CT molecular complexity index is 1100. The number of benzene rings is 1. The number of furan rings is 1. The lowest BCUT2D eigenvalue weighted by Crippen LogP contribution is -2.37. The van der Waals surface area contributed by atoms with Crippen molar-refractivity contribution in [1.82, 2.24) is 9.78 Å². The predicted molar refractivity (Wildman–Crippen MR) is 109 cm³/mol. The van der Waals surface area contributed by atoms with Crippen LogP contribution in [0.15, 0.2) is 41.0 Å². The summed E-state index contributed by atoms with van der Waals surface area (Å²) in [5.41, 5.74) is 3.42. The summed E-state index contributed by atoms with van der Waals surface area (Å²) in [6.07, 6.45) is 3.14. The molecule has 4 rings (SSSR count). The second kappa shape index (κ2) is 8.06. The van der Waals surface area contributed by atoms with Crippen LogP contribution in [0.3, 0.4) is 0 Å². The summed E-state index contributed by atoms with van der Waals surface area (Å²) in [7, 11) is 3.08. The van der Waals surface area contributed by atoms with Crippen LogP contribution in [0.1, 0.15) is 44.3 Å². The van der Waals surface area contributed by atoms with Gasteiger partial charge in [-0.3, -0.25) is 9.48 Å². The van der Waals surface area contributed by atoms with Gasteiger partial charge in [0.25, 0.3) is 5.91 Å². The van der Waals surface area contributed by atoms with Crippen LogP contribution in [0, 0.1) is 6.92 Å². The number of hydrogen-bond acceptors (Lipinski definition) is 6. The number of amides is 1. The molecule has 0 fully saturated rings. The zero-order valence-corrected chi connectivity index (χ0v) is 17.2. The smallest absolute Gasteiger partial charge is 0.341 e. The number of esters is 1. The standard InChI is InChI=1S/C22H23N3O5/c1-14-12-17(24(2)23-14)21(26)25-10-5-7-15-6-4-8-18(20(15)25)30-13-19-16(9-11-29-19)22(27)28-3/h4,6,8-9,11-12H,5,7,10,13H2,1-3H3. The normalized spacial score (nSPS) is 13.1. The van der Waals surface area contributed by atoms with Crippen LogP contribution >= 0.6 is 0 Å². The minimum atomic E-state index is -0.485. The molecule has 8 nitrogen and oxygen atoms in total. The number of aromatic nitrogens is 2. The van der Waals surface area contributed by atoms with Gasteiger partial charge in [-0.2, -0.15) is 5.10 Å². The number of rotatable bonds is 5. The first-order valence-corrected chi connectivity index (χ1v) is 9.71. The molecule has 0 N–H and O–H groups in total. The van der Waals surface area contributed by atoms with Gasteiger partial charge in [-0.05, 0) is 43.5 Å². The molecular weight excluding hydrogens is 386 g/mol. The van der Waals surface area contributed by atoms with E-state index in [9.17, 15) is 9.59 Å². The Kier molecular flexibility index (Phi) is 5.31. The number of methoxy groups -OCH3 is 1. The first kappa shape index (κ1) is 19.8. The molecule has 1 amide bonds. The Morgan fingerprint density at radius 3 is 2.83 bits per heavy atom. The Hall–Kier alpha value is -3.55. The summed E-state index contributed by atoms with van der Waals surface area (Å²) >= 11 is 0. The number of para-hydroxylation sites is 1. The number of aryl methyl sites for hydroxylation is 3. The maximum atomic E-state index is 13.3. The molecular formula is C22H23N3O5. The van der Waals surface area contributed by atoms with Crippen molar-refractivity contribution in [3.63, 3.8) is 0 Å². The molecule has 3 aromatic rings. The van der Waals surface area contributed by atoms with Crippen LogP contribution in [0.2, 0.25) is 0 Å². The molecule has 1 aromatic carbocycles. The summed E-state index contributed by atoms with van der Waals surface area (Å²) in [5, 5.41) is 4.29. The van der Waals surface area contributed by atoms with Gasteiger partial charge in [-0.25, -0.2) is 4.79 Å². The maximum Gasteiger partial charge on any atom is 0.341 e. The number of carbonyl (C=O) groups is 2. The summed E-state index contributed by atoms with van der Waals surface area (Å²) < 4.78 is 17.8. The number of ether oxygens (including phenoxy) is 2. The summed E-state index contributed by atoms with van der Waals surface area (Å²) in [6.45, 7) is 2.49. The zero-order chi connectivity index (χ0) is 21.3. The van der Waals surface area contributed by atoms with Crippen molar-refractivity contribution >= 4 is 17.6 Å². The fourth-order valence-electron chi connectivity index (χ4n) is 3.77. The van der Waals surface area contributed by atoms with Gasteiger partial charge in [0.05, 0.1) is 24.8 Å². The van der Waals surface area contributed by atoms with E-state index in [0.717, 1.165) is 29.8 Å². The predicted octanol–water partition coefficient (Wildman–Crippen LogP) is 3.28. The highest BCUT2D eigenvalue weighted by Gasteiger charge is 2.29. The largest absolute Gasteiger partial charge is 0.483 e. The van der Waals surface area contributed by atoms with E-state index in [2.05, 4.69) is 5.10 Å². The first-order valence-electron chi connectivity index (χ1n) is 9.71. The van der Waals surface area contributed by atoms with Gasteiger partial charge < -0.3 is 18.8 Å². The molecule has 0 radical (unpaired) electrons. The summed E-state index contributed by atoms with van der Waals surface area (Å²) in [4.78, 5) is 26.9. The van der Waals surface area contributed by atoms with Gasteiger partial charge >= 0.3 is 5.97 Å². The maximum absolute atomic E-state index is 13.3.